The molecule has 0 spiro atoms. The lowest BCUT2D eigenvalue weighted by Crippen LogP contribution is -2.19. The molecule has 0 saturated carbocycles. The van der Waals surface area contributed by atoms with E-state index in [9.17, 15) is 9.59 Å². The van der Waals surface area contributed by atoms with Crippen LogP contribution in [0.2, 0.25) is 0 Å². The molecule has 0 aliphatic rings. The summed E-state index contributed by atoms with van der Waals surface area (Å²) in [4.78, 5) is 29.2. The van der Waals surface area contributed by atoms with Gasteiger partial charge in [-0.15, -0.1) is 0 Å². The highest BCUT2D eigenvalue weighted by Crippen LogP contribution is 2.10. The van der Waals surface area contributed by atoms with Crippen molar-refractivity contribution in [1.29, 1.82) is 0 Å². The van der Waals surface area contributed by atoms with E-state index >= 15 is 0 Å². The number of ketones is 1. The minimum Gasteiger partial charge on any atom is -0.303 e. The zero-order chi connectivity index (χ0) is 11.2. The number of hydrogen-bond donors (Lipinski definition) is 1. The summed E-state index contributed by atoms with van der Waals surface area (Å²) in [6, 6.07) is 0. The average Bonchev–Trinajstić information content (AvgIpc) is 2.41. The predicted octanol–water partition coefficient (Wildman–Crippen LogP) is 0.168. The maximum atomic E-state index is 11.5. The van der Waals surface area contributed by atoms with Crippen LogP contribution in [0.5, 0.6) is 0 Å². The summed E-state index contributed by atoms with van der Waals surface area (Å²) in [5.41, 5.74) is 1.23. The molecule has 2 rings (SSSR count). The number of nitrogens with zero attached hydrogens (tertiary/aromatic N) is 3. The molecular weight excluding hydrogens is 196 g/mol. The highest BCUT2D eigenvalue weighted by Gasteiger charge is 2.13. The molecule has 6 heteroatoms. The first-order valence-corrected chi connectivity index (χ1v) is 4.45. The molecular formula is C9H10N4O2. The monoisotopic (exact) mass is 206 g/mol. The van der Waals surface area contributed by atoms with Crippen LogP contribution in [0.4, 0.5) is 0 Å². The van der Waals surface area contributed by atoms with Gasteiger partial charge >= 0.3 is 0 Å². The molecule has 0 bridgehead atoms. The average molecular weight is 206 g/mol. The van der Waals surface area contributed by atoms with E-state index in [1.165, 1.54) is 11.6 Å². The lowest BCUT2D eigenvalue weighted by atomic mass is 10.3. The molecule has 0 fully saturated rings. The molecule has 78 valence electrons. The standard InChI is InChI=1S/C9H10N4O2/c1-4-6-8(13(3)12-4)11-9(15)7(10-6)5(2)14/h1-3H3,(H,11,15). The highest BCUT2D eigenvalue weighted by molar-refractivity contribution is 5.93. The van der Waals surface area contributed by atoms with Gasteiger partial charge < -0.3 is 4.98 Å². The molecule has 0 atom stereocenters. The van der Waals surface area contributed by atoms with Crippen molar-refractivity contribution in [2.75, 3.05) is 0 Å². The first-order chi connectivity index (χ1) is 7.00. The maximum absolute atomic E-state index is 11.5. The fourth-order valence-electron chi connectivity index (χ4n) is 1.49. The second-order valence-corrected chi connectivity index (χ2v) is 3.38. The topological polar surface area (TPSA) is 80.6 Å². The SMILES string of the molecule is CC(=O)c1nc2c(C)nn(C)c2[nH]c1=O. The van der Waals surface area contributed by atoms with Crippen molar-refractivity contribution in [3.63, 3.8) is 0 Å². The Morgan fingerprint density at radius 3 is 2.73 bits per heavy atom. The zero-order valence-electron chi connectivity index (χ0n) is 8.66. The van der Waals surface area contributed by atoms with Crippen LogP contribution >= 0.6 is 0 Å². The van der Waals surface area contributed by atoms with Crippen LogP contribution in [-0.2, 0) is 7.05 Å². The van der Waals surface area contributed by atoms with Crippen LogP contribution in [0.15, 0.2) is 4.79 Å². The van der Waals surface area contributed by atoms with Gasteiger partial charge in [0.1, 0.15) is 5.52 Å². The minimum absolute atomic E-state index is 0.0707. The molecule has 0 unspecified atom stereocenters. The third kappa shape index (κ3) is 1.34. The van der Waals surface area contributed by atoms with Gasteiger partial charge in [-0.1, -0.05) is 0 Å². The molecule has 6 nitrogen and oxygen atoms in total. The summed E-state index contributed by atoms with van der Waals surface area (Å²) in [5, 5.41) is 4.10. The minimum atomic E-state index is -0.474. The van der Waals surface area contributed by atoms with Gasteiger partial charge in [-0.2, -0.15) is 5.10 Å². The van der Waals surface area contributed by atoms with Crippen molar-refractivity contribution in [2.45, 2.75) is 13.8 Å². The van der Waals surface area contributed by atoms with Gasteiger partial charge in [-0.25, -0.2) is 4.98 Å². The number of carbonyl (C=O) groups excluding carboxylic acids is 1. The second-order valence-electron chi connectivity index (χ2n) is 3.38. The summed E-state index contributed by atoms with van der Waals surface area (Å²) >= 11 is 0. The van der Waals surface area contributed by atoms with Gasteiger partial charge in [0.2, 0.25) is 0 Å². The number of Topliss-reactive ketones (excluding diaryl/α,β-unsaturated/α-hetero) is 1. The maximum Gasteiger partial charge on any atom is 0.279 e. The number of rotatable bonds is 1. The first-order valence-electron chi connectivity index (χ1n) is 4.45. The quantitative estimate of drug-likeness (QED) is 0.674. The largest absolute Gasteiger partial charge is 0.303 e. The van der Waals surface area contributed by atoms with Gasteiger partial charge in [-0.3, -0.25) is 14.3 Å². The van der Waals surface area contributed by atoms with Gasteiger partial charge in [-0.05, 0) is 6.92 Å². The van der Waals surface area contributed by atoms with Crippen molar-refractivity contribution >= 4 is 16.9 Å². The zero-order valence-corrected chi connectivity index (χ0v) is 8.66. The van der Waals surface area contributed by atoms with Gasteiger partial charge in [0.05, 0.1) is 5.69 Å². The van der Waals surface area contributed by atoms with E-state index in [0.717, 1.165) is 0 Å². The number of nitrogens with one attached hydrogen (secondary N) is 1. The summed E-state index contributed by atoms with van der Waals surface area (Å²) < 4.78 is 1.53. The number of aromatic amines is 1. The molecule has 0 radical (unpaired) electrons. The molecule has 0 aromatic carbocycles. The van der Waals surface area contributed by atoms with E-state index in [0.29, 0.717) is 16.9 Å². The molecule has 2 aromatic rings. The third-order valence-corrected chi connectivity index (χ3v) is 2.19. The lowest BCUT2D eigenvalue weighted by molar-refractivity contribution is 0.101. The van der Waals surface area contributed by atoms with Crippen molar-refractivity contribution in [1.82, 2.24) is 19.7 Å². The van der Waals surface area contributed by atoms with E-state index in [1.807, 2.05) is 0 Å². The van der Waals surface area contributed by atoms with Crippen LogP contribution in [0.1, 0.15) is 23.1 Å². The number of H-pyrrole nitrogens is 1. The van der Waals surface area contributed by atoms with Crippen LogP contribution < -0.4 is 5.56 Å². The van der Waals surface area contributed by atoms with Crippen LogP contribution in [0, 0.1) is 6.92 Å². The number of hydrogen-bond acceptors (Lipinski definition) is 4. The van der Waals surface area contributed by atoms with Gasteiger partial charge in [0.25, 0.3) is 5.56 Å². The number of aryl methyl sites for hydroxylation is 2. The normalized spacial score (nSPS) is 10.9. The highest BCUT2D eigenvalue weighted by atomic mass is 16.1. The van der Waals surface area contributed by atoms with E-state index in [-0.39, 0.29) is 11.5 Å². The van der Waals surface area contributed by atoms with E-state index in [2.05, 4.69) is 15.1 Å². The smallest absolute Gasteiger partial charge is 0.279 e. The Morgan fingerprint density at radius 1 is 1.47 bits per heavy atom. The first kappa shape index (κ1) is 9.57. The molecule has 2 heterocycles. The number of aromatic nitrogens is 4. The molecule has 2 aromatic heterocycles. The Kier molecular flexibility index (Phi) is 1.92. The Balaban J connectivity index is 2.91. The predicted molar refractivity (Wildman–Crippen MR) is 53.9 cm³/mol. The molecule has 15 heavy (non-hydrogen) atoms. The van der Waals surface area contributed by atoms with Crippen LogP contribution in [0.3, 0.4) is 0 Å². The Bertz CT molecular complexity index is 608. The van der Waals surface area contributed by atoms with Crippen molar-refractivity contribution in [2.24, 2.45) is 7.05 Å². The van der Waals surface area contributed by atoms with Crippen LogP contribution in [0.25, 0.3) is 11.2 Å². The fraction of sp³-hybridized carbons (Fsp3) is 0.333. The van der Waals surface area contributed by atoms with E-state index in [4.69, 9.17) is 0 Å². The van der Waals surface area contributed by atoms with Crippen molar-refractivity contribution in [3.05, 3.63) is 21.7 Å². The van der Waals surface area contributed by atoms with E-state index < -0.39 is 5.56 Å². The summed E-state index contributed by atoms with van der Waals surface area (Å²) in [6.07, 6.45) is 0. The summed E-state index contributed by atoms with van der Waals surface area (Å²) in [6.45, 7) is 3.09. The van der Waals surface area contributed by atoms with Crippen molar-refractivity contribution < 1.29 is 4.79 Å². The molecule has 1 N–H and O–H groups in total. The second kappa shape index (κ2) is 3.01. The molecule has 0 saturated heterocycles. The van der Waals surface area contributed by atoms with Crippen LogP contribution in [-0.4, -0.2) is 25.5 Å². The lowest BCUT2D eigenvalue weighted by Gasteiger charge is -1.96. The molecule has 0 aliphatic heterocycles. The van der Waals surface area contributed by atoms with Gasteiger partial charge in [0, 0.05) is 14.0 Å². The summed E-state index contributed by atoms with van der Waals surface area (Å²) in [7, 11) is 1.71. The number of fused-ring (bicyclic) bond motifs is 1. The Hall–Kier alpha value is -1.98. The Labute approximate surface area is 84.9 Å². The number of carbonyl (C=O) groups is 1. The molecule has 0 aliphatic carbocycles. The van der Waals surface area contributed by atoms with E-state index in [1.54, 1.807) is 14.0 Å². The van der Waals surface area contributed by atoms with Gasteiger partial charge in [0.15, 0.2) is 17.1 Å². The molecule has 0 amide bonds. The summed E-state index contributed by atoms with van der Waals surface area (Å²) in [5.74, 6) is -0.346. The fourth-order valence-corrected chi connectivity index (χ4v) is 1.49. The third-order valence-electron chi connectivity index (χ3n) is 2.19. The van der Waals surface area contributed by atoms with Crippen molar-refractivity contribution in [3.8, 4) is 0 Å². The Morgan fingerprint density at radius 2 is 2.13 bits per heavy atom.